The number of anilines is 2. The summed E-state index contributed by atoms with van der Waals surface area (Å²) in [4.78, 5) is 10.7. The molecule has 6 heteroatoms. The minimum Gasteiger partial charge on any atom is -0.479 e. The van der Waals surface area contributed by atoms with E-state index >= 15 is 0 Å². The van der Waals surface area contributed by atoms with E-state index in [-0.39, 0.29) is 0 Å². The van der Waals surface area contributed by atoms with E-state index in [2.05, 4.69) is 15.3 Å². The van der Waals surface area contributed by atoms with Crippen LogP contribution in [0.3, 0.4) is 0 Å². The molecule has 19 heavy (non-hydrogen) atoms. The number of thiazole rings is 1. The second kappa shape index (κ2) is 5.88. The molecule has 0 fully saturated rings. The van der Waals surface area contributed by atoms with Crippen molar-refractivity contribution in [3.63, 3.8) is 0 Å². The van der Waals surface area contributed by atoms with Gasteiger partial charge in [0.2, 0.25) is 5.88 Å². The highest BCUT2D eigenvalue weighted by atomic mass is 32.1. The monoisotopic (exact) mass is 278 g/mol. The summed E-state index contributed by atoms with van der Waals surface area (Å²) in [5, 5.41) is 6.46. The summed E-state index contributed by atoms with van der Waals surface area (Å²) >= 11 is 1.65. The molecule has 0 saturated carbocycles. The topological polar surface area (TPSA) is 50.3 Å². The average Bonchev–Trinajstić information content (AvgIpc) is 2.81. The second-order valence-electron chi connectivity index (χ2n) is 4.34. The molecule has 0 aliphatic heterocycles. The lowest BCUT2D eigenvalue weighted by Gasteiger charge is -2.19. The number of pyridine rings is 1. The number of nitrogens with one attached hydrogen (secondary N) is 1. The van der Waals surface area contributed by atoms with Gasteiger partial charge in [0.25, 0.3) is 0 Å². The normalized spacial score (nSPS) is 10.3. The molecule has 2 aromatic rings. The van der Waals surface area contributed by atoms with Crippen LogP contribution in [0.4, 0.5) is 11.4 Å². The summed E-state index contributed by atoms with van der Waals surface area (Å²) in [6.45, 7) is 2.66. The number of rotatable bonds is 5. The Morgan fingerprint density at radius 1 is 1.42 bits per heavy atom. The molecule has 0 atom stereocenters. The van der Waals surface area contributed by atoms with Crippen molar-refractivity contribution in [1.82, 2.24) is 9.97 Å². The first kappa shape index (κ1) is 13.6. The zero-order chi connectivity index (χ0) is 13.8. The molecule has 0 spiro atoms. The quantitative estimate of drug-likeness (QED) is 0.911. The van der Waals surface area contributed by atoms with Crippen LogP contribution in [0.25, 0.3) is 0 Å². The van der Waals surface area contributed by atoms with Gasteiger partial charge in [0.05, 0.1) is 19.3 Å². The number of hydrogen-bond donors (Lipinski definition) is 1. The van der Waals surface area contributed by atoms with E-state index in [9.17, 15) is 0 Å². The Morgan fingerprint density at radius 3 is 2.79 bits per heavy atom. The smallest absolute Gasteiger partial charge is 0.239 e. The Hall–Kier alpha value is -1.82. The Labute approximate surface area is 117 Å². The van der Waals surface area contributed by atoms with E-state index in [0.717, 1.165) is 22.1 Å². The molecule has 102 valence electrons. The molecule has 0 saturated heterocycles. The van der Waals surface area contributed by atoms with Gasteiger partial charge in [0, 0.05) is 31.4 Å². The van der Waals surface area contributed by atoms with Crippen LogP contribution in [0, 0.1) is 6.92 Å². The number of hydrogen-bond acceptors (Lipinski definition) is 6. The predicted octanol–water partition coefficient (Wildman–Crippen LogP) is 2.53. The van der Waals surface area contributed by atoms with E-state index in [1.807, 2.05) is 37.4 Å². The van der Waals surface area contributed by atoms with Crippen molar-refractivity contribution in [3.8, 4) is 5.88 Å². The van der Waals surface area contributed by atoms with Crippen molar-refractivity contribution in [2.24, 2.45) is 0 Å². The zero-order valence-electron chi connectivity index (χ0n) is 11.6. The third-order valence-electron chi connectivity index (χ3n) is 2.65. The summed E-state index contributed by atoms with van der Waals surface area (Å²) in [5.41, 5.74) is 2.98. The minimum atomic E-state index is 0.597. The van der Waals surface area contributed by atoms with Gasteiger partial charge in [-0.25, -0.2) is 9.97 Å². The summed E-state index contributed by atoms with van der Waals surface area (Å²) in [7, 11) is 5.61. The molecule has 5 nitrogen and oxygen atoms in total. The fourth-order valence-electron chi connectivity index (χ4n) is 1.77. The Bertz CT molecular complexity index is 553. The molecule has 2 aromatic heterocycles. The number of ether oxygens (including phenoxy) is 1. The van der Waals surface area contributed by atoms with E-state index < -0.39 is 0 Å². The number of aryl methyl sites for hydroxylation is 1. The largest absolute Gasteiger partial charge is 0.479 e. The molecular weight excluding hydrogens is 260 g/mol. The maximum Gasteiger partial charge on any atom is 0.239 e. The van der Waals surface area contributed by atoms with E-state index in [1.54, 1.807) is 24.6 Å². The minimum absolute atomic E-state index is 0.597. The van der Waals surface area contributed by atoms with Crippen LogP contribution in [0.15, 0.2) is 17.6 Å². The van der Waals surface area contributed by atoms with Crippen LogP contribution in [-0.4, -0.2) is 31.2 Å². The number of aromatic nitrogens is 2. The van der Waals surface area contributed by atoms with Gasteiger partial charge in [-0.2, -0.15) is 0 Å². The van der Waals surface area contributed by atoms with Crippen LogP contribution in [-0.2, 0) is 6.54 Å². The van der Waals surface area contributed by atoms with Crippen molar-refractivity contribution in [2.45, 2.75) is 13.5 Å². The number of methoxy groups -OCH3 is 1. The van der Waals surface area contributed by atoms with Gasteiger partial charge in [-0.05, 0) is 13.0 Å². The molecule has 0 unspecified atom stereocenters. The van der Waals surface area contributed by atoms with E-state index in [0.29, 0.717) is 12.4 Å². The maximum absolute atomic E-state index is 5.31. The average molecular weight is 278 g/mol. The van der Waals surface area contributed by atoms with Crippen molar-refractivity contribution in [1.29, 1.82) is 0 Å². The third-order valence-corrected chi connectivity index (χ3v) is 3.62. The van der Waals surface area contributed by atoms with Crippen LogP contribution in [0.5, 0.6) is 5.88 Å². The highest BCUT2D eigenvalue weighted by Gasteiger charge is 2.12. The first-order chi connectivity index (χ1) is 9.11. The van der Waals surface area contributed by atoms with Crippen LogP contribution >= 0.6 is 11.3 Å². The second-order valence-corrected chi connectivity index (χ2v) is 5.29. The Kier molecular flexibility index (Phi) is 4.21. The van der Waals surface area contributed by atoms with Crippen molar-refractivity contribution in [3.05, 3.63) is 28.3 Å². The standard InChI is InChI=1S/C13H18N4OS/c1-9-8-19-11(16-9)7-15-12-10(17(2)3)5-6-14-13(12)18-4/h5-6,8,15H,7H2,1-4H3. The number of nitrogens with zero attached hydrogens (tertiary/aromatic N) is 3. The van der Waals surface area contributed by atoms with E-state index in [4.69, 9.17) is 4.74 Å². The molecule has 0 amide bonds. The lowest BCUT2D eigenvalue weighted by atomic mass is 10.3. The van der Waals surface area contributed by atoms with Gasteiger partial charge in [-0.1, -0.05) is 0 Å². The SMILES string of the molecule is COc1nccc(N(C)C)c1NCc1nc(C)cs1. The zero-order valence-corrected chi connectivity index (χ0v) is 12.4. The molecule has 2 rings (SSSR count). The molecule has 2 heterocycles. The summed E-state index contributed by atoms with van der Waals surface area (Å²) in [6.07, 6.45) is 1.74. The highest BCUT2D eigenvalue weighted by molar-refractivity contribution is 7.09. The first-order valence-corrected chi connectivity index (χ1v) is 6.85. The third kappa shape index (κ3) is 3.14. The van der Waals surface area contributed by atoms with Crippen molar-refractivity contribution >= 4 is 22.7 Å². The van der Waals surface area contributed by atoms with Gasteiger partial charge in [0.15, 0.2) is 0 Å². The Balaban J connectivity index is 2.22. The molecule has 0 aliphatic carbocycles. The van der Waals surface area contributed by atoms with Crippen LogP contribution in [0.1, 0.15) is 10.7 Å². The highest BCUT2D eigenvalue weighted by Crippen LogP contribution is 2.32. The molecule has 0 aliphatic rings. The predicted molar refractivity (Wildman–Crippen MR) is 79.3 cm³/mol. The van der Waals surface area contributed by atoms with Gasteiger partial charge in [-0.15, -0.1) is 11.3 Å². The van der Waals surface area contributed by atoms with Gasteiger partial charge >= 0.3 is 0 Å². The molecule has 0 radical (unpaired) electrons. The lowest BCUT2D eigenvalue weighted by molar-refractivity contribution is 0.400. The van der Waals surface area contributed by atoms with Crippen molar-refractivity contribution < 1.29 is 4.74 Å². The first-order valence-electron chi connectivity index (χ1n) is 5.97. The summed E-state index contributed by atoms with van der Waals surface area (Å²) in [5.74, 6) is 0.597. The summed E-state index contributed by atoms with van der Waals surface area (Å²) in [6, 6.07) is 1.96. The molecular formula is C13H18N4OS. The van der Waals surface area contributed by atoms with Crippen LogP contribution < -0.4 is 15.0 Å². The summed E-state index contributed by atoms with van der Waals surface area (Å²) < 4.78 is 5.31. The van der Waals surface area contributed by atoms with Gasteiger partial charge in [-0.3, -0.25) is 0 Å². The van der Waals surface area contributed by atoms with E-state index in [1.165, 1.54) is 0 Å². The van der Waals surface area contributed by atoms with Crippen LogP contribution in [0.2, 0.25) is 0 Å². The van der Waals surface area contributed by atoms with Crippen molar-refractivity contribution in [2.75, 3.05) is 31.4 Å². The fourth-order valence-corrected chi connectivity index (χ4v) is 2.49. The lowest BCUT2D eigenvalue weighted by Crippen LogP contribution is -2.13. The fraction of sp³-hybridized carbons (Fsp3) is 0.385. The van der Waals surface area contributed by atoms with Gasteiger partial charge in [0.1, 0.15) is 10.7 Å². The molecule has 0 aromatic carbocycles. The maximum atomic E-state index is 5.31. The van der Waals surface area contributed by atoms with Gasteiger partial charge < -0.3 is 15.0 Å². The molecule has 0 bridgehead atoms. The Morgan fingerprint density at radius 2 is 2.21 bits per heavy atom. The molecule has 1 N–H and O–H groups in total.